The summed E-state index contributed by atoms with van der Waals surface area (Å²) in [4.78, 5) is 2.69. The zero-order valence-corrected chi connectivity index (χ0v) is 15.6. The maximum atomic E-state index is 2.69. The standard InChI is InChI=1S/C17H36IN/c1-3-5-7-9-11-13-16-19(17-14-18)15-12-10-8-6-4-2/h3-17H2,1-2H3. The van der Waals surface area contributed by atoms with Gasteiger partial charge in [0.2, 0.25) is 0 Å². The molecule has 0 heterocycles. The second-order valence-electron chi connectivity index (χ2n) is 5.71. The Bertz CT molecular complexity index is 161. The van der Waals surface area contributed by atoms with E-state index < -0.39 is 0 Å². The third-order valence-corrected chi connectivity index (χ3v) is 4.29. The van der Waals surface area contributed by atoms with E-state index in [1.165, 1.54) is 94.7 Å². The Morgan fingerprint density at radius 2 is 1.00 bits per heavy atom. The normalized spacial score (nSPS) is 11.4. The van der Waals surface area contributed by atoms with Crippen LogP contribution < -0.4 is 0 Å². The van der Waals surface area contributed by atoms with Crippen LogP contribution in [0.4, 0.5) is 0 Å². The van der Waals surface area contributed by atoms with E-state index in [9.17, 15) is 0 Å². The van der Waals surface area contributed by atoms with Gasteiger partial charge in [-0.25, -0.2) is 0 Å². The summed E-state index contributed by atoms with van der Waals surface area (Å²) in [5.74, 6) is 0. The molecule has 0 saturated carbocycles. The lowest BCUT2D eigenvalue weighted by Gasteiger charge is -2.21. The molecular formula is C17H36IN. The van der Waals surface area contributed by atoms with E-state index in [0.29, 0.717) is 0 Å². The number of alkyl halides is 1. The fraction of sp³-hybridized carbons (Fsp3) is 1.00. The largest absolute Gasteiger partial charge is 0.303 e. The number of hydrogen-bond acceptors (Lipinski definition) is 1. The topological polar surface area (TPSA) is 3.24 Å². The fourth-order valence-corrected chi connectivity index (χ4v) is 3.19. The first-order valence-electron chi connectivity index (χ1n) is 8.63. The fourth-order valence-electron chi connectivity index (χ4n) is 2.51. The highest BCUT2D eigenvalue weighted by Gasteiger charge is 2.03. The Balaban J connectivity index is 3.45. The summed E-state index contributed by atoms with van der Waals surface area (Å²) in [6, 6.07) is 0. The van der Waals surface area contributed by atoms with E-state index in [1.54, 1.807) is 0 Å². The van der Waals surface area contributed by atoms with Gasteiger partial charge in [-0.3, -0.25) is 0 Å². The highest BCUT2D eigenvalue weighted by molar-refractivity contribution is 14.1. The lowest BCUT2D eigenvalue weighted by molar-refractivity contribution is 0.277. The first kappa shape index (κ1) is 19.7. The molecule has 0 bridgehead atoms. The molecule has 0 aromatic rings. The van der Waals surface area contributed by atoms with Gasteiger partial charge in [0.15, 0.2) is 0 Å². The van der Waals surface area contributed by atoms with Gasteiger partial charge in [-0.2, -0.15) is 0 Å². The Hall–Kier alpha value is 0.690. The van der Waals surface area contributed by atoms with E-state index in [2.05, 4.69) is 41.3 Å². The quantitative estimate of drug-likeness (QED) is 0.189. The molecule has 0 spiro atoms. The van der Waals surface area contributed by atoms with Crippen LogP contribution in [0.5, 0.6) is 0 Å². The second-order valence-corrected chi connectivity index (χ2v) is 6.79. The van der Waals surface area contributed by atoms with Crippen molar-refractivity contribution in [1.82, 2.24) is 4.90 Å². The van der Waals surface area contributed by atoms with Crippen LogP contribution in [0.15, 0.2) is 0 Å². The molecule has 0 aliphatic rings. The molecule has 0 atom stereocenters. The van der Waals surface area contributed by atoms with Crippen molar-refractivity contribution in [3.63, 3.8) is 0 Å². The zero-order chi connectivity index (χ0) is 14.2. The van der Waals surface area contributed by atoms with Crippen LogP contribution in [0, 0.1) is 0 Å². The van der Waals surface area contributed by atoms with Gasteiger partial charge in [-0.1, -0.05) is 94.2 Å². The molecule has 0 N–H and O–H groups in total. The lowest BCUT2D eigenvalue weighted by atomic mass is 10.1. The summed E-state index contributed by atoms with van der Waals surface area (Å²) < 4.78 is 1.28. The molecule has 1 nitrogen and oxygen atoms in total. The Kier molecular flexibility index (Phi) is 17.4. The molecule has 0 aliphatic heterocycles. The van der Waals surface area contributed by atoms with Crippen LogP contribution in [0.2, 0.25) is 0 Å². The number of unbranched alkanes of at least 4 members (excludes halogenated alkanes) is 9. The van der Waals surface area contributed by atoms with Gasteiger partial charge in [-0.05, 0) is 25.9 Å². The van der Waals surface area contributed by atoms with Gasteiger partial charge in [0.1, 0.15) is 0 Å². The molecule has 0 amide bonds. The third kappa shape index (κ3) is 14.9. The average Bonchev–Trinajstić information content (AvgIpc) is 2.42. The highest BCUT2D eigenvalue weighted by atomic mass is 127. The Morgan fingerprint density at radius 3 is 1.42 bits per heavy atom. The maximum Gasteiger partial charge on any atom is 0.0123 e. The van der Waals surface area contributed by atoms with Crippen molar-refractivity contribution < 1.29 is 0 Å². The SMILES string of the molecule is CCCCCCCCN(CCI)CCCCCCC. The Morgan fingerprint density at radius 1 is 0.579 bits per heavy atom. The van der Waals surface area contributed by atoms with Crippen molar-refractivity contribution in [3.05, 3.63) is 0 Å². The minimum atomic E-state index is 1.28. The van der Waals surface area contributed by atoms with Gasteiger partial charge in [0.25, 0.3) is 0 Å². The third-order valence-electron chi connectivity index (χ3n) is 3.81. The molecule has 0 saturated heterocycles. The van der Waals surface area contributed by atoms with E-state index in [4.69, 9.17) is 0 Å². The molecule has 0 radical (unpaired) electrons. The number of hydrogen-bond donors (Lipinski definition) is 0. The molecule has 0 rings (SSSR count). The predicted molar refractivity (Wildman–Crippen MR) is 97.5 cm³/mol. The van der Waals surface area contributed by atoms with Crippen molar-refractivity contribution in [2.75, 3.05) is 24.1 Å². The van der Waals surface area contributed by atoms with E-state index >= 15 is 0 Å². The average molecular weight is 381 g/mol. The Labute approximate surface area is 136 Å². The van der Waals surface area contributed by atoms with Crippen LogP contribution in [-0.2, 0) is 0 Å². The van der Waals surface area contributed by atoms with Crippen LogP contribution >= 0.6 is 22.6 Å². The van der Waals surface area contributed by atoms with Gasteiger partial charge >= 0.3 is 0 Å². The predicted octanol–water partition coefficient (Wildman–Crippen LogP) is 6.05. The van der Waals surface area contributed by atoms with Crippen LogP contribution in [0.3, 0.4) is 0 Å². The van der Waals surface area contributed by atoms with Crippen molar-refractivity contribution >= 4 is 22.6 Å². The van der Waals surface area contributed by atoms with Crippen molar-refractivity contribution in [3.8, 4) is 0 Å². The van der Waals surface area contributed by atoms with E-state index in [1.807, 2.05) is 0 Å². The number of halogens is 1. The summed E-state index contributed by atoms with van der Waals surface area (Å²) in [6.07, 6.45) is 15.6. The zero-order valence-electron chi connectivity index (χ0n) is 13.4. The number of nitrogens with zero attached hydrogens (tertiary/aromatic N) is 1. The molecule has 0 aromatic heterocycles. The van der Waals surface area contributed by atoms with Gasteiger partial charge in [0, 0.05) is 11.0 Å². The van der Waals surface area contributed by atoms with Crippen molar-refractivity contribution in [2.45, 2.75) is 84.5 Å². The second kappa shape index (κ2) is 16.7. The van der Waals surface area contributed by atoms with Gasteiger partial charge < -0.3 is 4.90 Å². The summed E-state index contributed by atoms with van der Waals surface area (Å²) in [7, 11) is 0. The smallest absolute Gasteiger partial charge is 0.0123 e. The summed E-state index contributed by atoms with van der Waals surface area (Å²) in [6.45, 7) is 8.55. The minimum Gasteiger partial charge on any atom is -0.303 e. The van der Waals surface area contributed by atoms with Crippen molar-refractivity contribution in [2.24, 2.45) is 0 Å². The molecule has 0 aromatic carbocycles. The molecule has 0 fully saturated rings. The molecular weight excluding hydrogens is 345 g/mol. The minimum absolute atomic E-state index is 1.28. The lowest BCUT2D eigenvalue weighted by Crippen LogP contribution is -2.28. The highest BCUT2D eigenvalue weighted by Crippen LogP contribution is 2.08. The molecule has 2 heteroatoms. The van der Waals surface area contributed by atoms with E-state index in [-0.39, 0.29) is 0 Å². The first-order valence-corrected chi connectivity index (χ1v) is 10.2. The van der Waals surface area contributed by atoms with Gasteiger partial charge in [-0.15, -0.1) is 0 Å². The summed E-state index contributed by atoms with van der Waals surface area (Å²) in [5, 5.41) is 0. The van der Waals surface area contributed by atoms with Crippen LogP contribution in [0.1, 0.15) is 84.5 Å². The maximum absolute atomic E-state index is 2.69. The molecule has 116 valence electrons. The monoisotopic (exact) mass is 381 g/mol. The molecule has 19 heavy (non-hydrogen) atoms. The van der Waals surface area contributed by atoms with E-state index in [0.717, 1.165) is 0 Å². The molecule has 0 unspecified atom stereocenters. The van der Waals surface area contributed by atoms with Crippen LogP contribution in [0.25, 0.3) is 0 Å². The molecule has 0 aliphatic carbocycles. The summed E-state index contributed by atoms with van der Waals surface area (Å²) in [5.41, 5.74) is 0. The summed E-state index contributed by atoms with van der Waals surface area (Å²) >= 11 is 2.51. The van der Waals surface area contributed by atoms with Gasteiger partial charge in [0.05, 0.1) is 0 Å². The first-order chi connectivity index (χ1) is 9.35. The van der Waals surface area contributed by atoms with Crippen molar-refractivity contribution in [1.29, 1.82) is 0 Å². The number of rotatable bonds is 15. The van der Waals surface area contributed by atoms with Crippen LogP contribution in [-0.4, -0.2) is 29.0 Å².